The van der Waals surface area contributed by atoms with Crippen LogP contribution in [0.15, 0.2) is 0 Å². The molecule has 0 aromatic heterocycles. The number of Topliss-reactive ketones (excluding diaryl/α,β-unsaturated/α-hetero) is 2. The van der Waals surface area contributed by atoms with Crippen LogP contribution in [-0.4, -0.2) is 169 Å². The van der Waals surface area contributed by atoms with Gasteiger partial charge in [-0.05, 0) is 58.3 Å². The van der Waals surface area contributed by atoms with Crippen molar-refractivity contribution in [3.05, 3.63) is 0 Å². The van der Waals surface area contributed by atoms with Gasteiger partial charge in [0.1, 0.15) is 37.1 Å². The highest BCUT2D eigenvalue weighted by Gasteiger charge is 2.25. The van der Waals surface area contributed by atoms with Crippen LogP contribution >= 0.6 is 0 Å². The Morgan fingerprint density at radius 2 is 0.756 bits per heavy atom. The molecule has 0 aromatic rings. The van der Waals surface area contributed by atoms with E-state index in [1.807, 2.05) is 6.92 Å². The van der Waals surface area contributed by atoms with E-state index in [9.17, 15) is 68.1 Å². The molecule has 24 heteroatoms. The molecular formula is C54H93N5O19. The third kappa shape index (κ3) is 45.4. The van der Waals surface area contributed by atoms with Gasteiger partial charge < -0.3 is 66.0 Å². The molecule has 5 amide bonds. The number of ketones is 2. The third-order valence-corrected chi connectivity index (χ3v) is 12.6. The smallest absolute Gasteiger partial charge is 0.326 e. The number of aliphatic carboxylic acids is 4. The van der Waals surface area contributed by atoms with Crippen LogP contribution in [0.3, 0.4) is 0 Å². The molecule has 0 aliphatic rings. The molecule has 24 nitrogen and oxygen atoms in total. The van der Waals surface area contributed by atoms with E-state index in [0.29, 0.717) is 25.8 Å². The van der Waals surface area contributed by atoms with Crippen LogP contribution < -0.4 is 26.6 Å². The predicted molar refractivity (Wildman–Crippen MR) is 285 cm³/mol. The third-order valence-electron chi connectivity index (χ3n) is 12.6. The monoisotopic (exact) mass is 1120 g/mol. The summed E-state index contributed by atoms with van der Waals surface area (Å²) in [6.45, 7) is 4.11. The van der Waals surface area contributed by atoms with Crippen molar-refractivity contribution in [3.8, 4) is 0 Å². The van der Waals surface area contributed by atoms with Crippen LogP contribution in [0.2, 0.25) is 0 Å². The number of carbonyl (C=O) groups is 11. The van der Waals surface area contributed by atoms with E-state index in [2.05, 4.69) is 26.6 Å². The summed E-state index contributed by atoms with van der Waals surface area (Å²) < 4.78 is 21.3. The van der Waals surface area contributed by atoms with Gasteiger partial charge in [0.15, 0.2) is 5.78 Å². The predicted octanol–water partition coefficient (Wildman–Crippen LogP) is 4.40. The lowest BCUT2D eigenvalue weighted by molar-refractivity contribution is -0.143. The number of amides is 5. The fraction of sp³-hybridized carbons (Fsp3) is 0.796. The molecule has 4 atom stereocenters. The second-order valence-electron chi connectivity index (χ2n) is 19.5. The van der Waals surface area contributed by atoms with Crippen LogP contribution in [0.4, 0.5) is 0 Å². The number of carbonyl (C=O) groups excluding carboxylic acids is 7. The Labute approximate surface area is 459 Å². The first-order valence-electron chi connectivity index (χ1n) is 28.0. The van der Waals surface area contributed by atoms with E-state index in [4.69, 9.17) is 24.1 Å². The lowest BCUT2D eigenvalue weighted by atomic mass is 10.0. The Hall–Kier alpha value is -5.59. The molecule has 0 spiro atoms. The topological polar surface area (TPSA) is 366 Å². The van der Waals surface area contributed by atoms with Crippen LogP contribution in [0.1, 0.15) is 187 Å². The fourth-order valence-corrected chi connectivity index (χ4v) is 7.73. The summed E-state index contributed by atoms with van der Waals surface area (Å²) in [7, 11) is 0. The van der Waals surface area contributed by atoms with Crippen molar-refractivity contribution < 1.29 is 92.1 Å². The van der Waals surface area contributed by atoms with Crippen molar-refractivity contribution >= 4 is 65.0 Å². The van der Waals surface area contributed by atoms with E-state index >= 15 is 0 Å². The number of ether oxygens (including phenoxy) is 4. The highest BCUT2D eigenvalue weighted by molar-refractivity contribution is 5.87. The summed E-state index contributed by atoms with van der Waals surface area (Å²) in [6, 6.07) is -4.01. The zero-order valence-electron chi connectivity index (χ0n) is 46.4. The van der Waals surface area contributed by atoms with Gasteiger partial charge in [0.25, 0.3) is 0 Å². The van der Waals surface area contributed by atoms with Crippen molar-refractivity contribution in [1.29, 1.82) is 0 Å². The summed E-state index contributed by atoms with van der Waals surface area (Å²) in [5.41, 5.74) is 0. The Kier molecular flexibility index (Phi) is 45.1. The molecule has 0 aliphatic carbocycles. The Morgan fingerprint density at radius 3 is 1.23 bits per heavy atom. The van der Waals surface area contributed by atoms with Gasteiger partial charge in [-0.3, -0.25) is 38.4 Å². The first kappa shape index (κ1) is 72.4. The molecule has 0 rings (SSSR count). The quantitative estimate of drug-likeness (QED) is 0.0381. The fourth-order valence-electron chi connectivity index (χ4n) is 7.73. The van der Waals surface area contributed by atoms with Gasteiger partial charge in [-0.15, -0.1) is 0 Å². The van der Waals surface area contributed by atoms with Gasteiger partial charge in [0.2, 0.25) is 29.5 Å². The molecule has 0 bridgehead atoms. The number of hydrogen-bond donors (Lipinski definition) is 9. The molecule has 0 aromatic carbocycles. The lowest BCUT2D eigenvalue weighted by Crippen LogP contribution is -2.44. The van der Waals surface area contributed by atoms with E-state index in [1.54, 1.807) is 6.92 Å². The van der Waals surface area contributed by atoms with Crippen molar-refractivity contribution in [2.75, 3.05) is 65.9 Å². The average molecular weight is 1120 g/mol. The lowest BCUT2D eigenvalue weighted by Gasteiger charge is -2.17. The van der Waals surface area contributed by atoms with E-state index in [1.165, 1.54) is 25.7 Å². The first-order valence-corrected chi connectivity index (χ1v) is 28.0. The van der Waals surface area contributed by atoms with Gasteiger partial charge in [-0.1, -0.05) is 90.4 Å². The zero-order valence-corrected chi connectivity index (χ0v) is 46.4. The summed E-state index contributed by atoms with van der Waals surface area (Å²) in [6.07, 6.45) is 16.3. The second-order valence-corrected chi connectivity index (χ2v) is 19.5. The highest BCUT2D eigenvalue weighted by atomic mass is 16.5. The van der Waals surface area contributed by atoms with Gasteiger partial charge >= 0.3 is 23.9 Å². The molecule has 0 aliphatic heterocycles. The normalized spacial score (nSPS) is 12.6. The summed E-state index contributed by atoms with van der Waals surface area (Å²) in [5.74, 6) is -7.46. The van der Waals surface area contributed by atoms with Gasteiger partial charge in [-0.2, -0.15) is 0 Å². The van der Waals surface area contributed by atoms with Crippen molar-refractivity contribution in [2.45, 2.75) is 205 Å². The van der Waals surface area contributed by atoms with E-state index in [0.717, 1.165) is 70.6 Å². The van der Waals surface area contributed by atoms with Crippen LogP contribution in [0.25, 0.3) is 0 Å². The number of rotatable bonds is 55. The number of unbranched alkanes of at least 4 members (excludes halogenated alkanes) is 14. The summed E-state index contributed by atoms with van der Waals surface area (Å²) in [4.78, 5) is 131. The standard InChI is InChI=1S/C54H93N5O19/c1-40(41(2)60)20-17-18-30-55-46(62)27-25-45(54(73)74)59-50(66)39-78-37-34-75-32-19-21-42(61)38-77-36-35-76-33-31-56-47(63)28-24-43(52(69)70)58-49(65)29-26-44(53(71)72)57-48(64)22-15-13-11-9-7-5-3-4-6-8-10-12-14-16-23-51(67)68/h40,43-45H,3-39H2,1-2H3,(H,55,62)(H,56,63)(H,57,64)(H,58,65)(H,59,66)(H,67,68)(H,69,70)(H,71,72)(H,73,74)/t40-,43-,44-,45-/m0/s1. The minimum absolute atomic E-state index is 0.0315. The minimum Gasteiger partial charge on any atom is -0.481 e. The maximum absolute atomic E-state index is 12.5. The number of nitrogens with one attached hydrogen (secondary N) is 5. The van der Waals surface area contributed by atoms with Crippen molar-refractivity contribution in [1.82, 2.24) is 26.6 Å². The molecule has 9 N–H and O–H groups in total. The molecule has 448 valence electrons. The maximum Gasteiger partial charge on any atom is 0.326 e. The zero-order chi connectivity index (χ0) is 58.2. The highest BCUT2D eigenvalue weighted by Crippen LogP contribution is 2.14. The van der Waals surface area contributed by atoms with Crippen molar-refractivity contribution in [3.63, 3.8) is 0 Å². The maximum atomic E-state index is 12.5. The van der Waals surface area contributed by atoms with Crippen LogP contribution in [0, 0.1) is 5.92 Å². The minimum atomic E-state index is -1.41. The average Bonchev–Trinajstić information content (AvgIpc) is 3.38. The van der Waals surface area contributed by atoms with Gasteiger partial charge in [0.05, 0.1) is 33.0 Å². The Morgan fingerprint density at radius 1 is 0.359 bits per heavy atom. The summed E-state index contributed by atoms with van der Waals surface area (Å²) in [5, 5.41) is 49.7. The van der Waals surface area contributed by atoms with Gasteiger partial charge in [0, 0.05) is 64.1 Å². The largest absolute Gasteiger partial charge is 0.481 e. The van der Waals surface area contributed by atoms with E-state index in [-0.39, 0.29) is 134 Å². The Balaban J connectivity index is 4.00. The Bertz CT molecular complexity index is 1770. The van der Waals surface area contributed by atoms with Crippen molar-refractivity contribution in [2.24, 2.45) is 5.92 Å². The first-order chi connectivity index (χ1) is 37.3. The molecule has 0 radical (unpaired) electrons. The second kappa shape index (κ2) is 48.5. The molecule has 0 saturated heterocycles. The SMILES string of the molecule is CC(=O)[C@@H](C)CCCCNC(=O)CC[C@H](NC(=O)COCCOCCCC(=O)COCCOCCNC(=O)CC[C@H](NC(=O)CC[C@H](NC(=O)CCCCCCCCCCCCCCCCC(=O)O)C(=O)O)C(=O)O)C(=O)O. The van der Waals surface area contributed by atoms with E-state index < -0.39 is 72.2 Å². The molecule has 78 heavy (non-hydrogen) atoms. The number of carboxylic acids is 4. The number of hydrogen-bond acceptors (Lipinski definition) is 15. The molecule has 0 unspecified atom stereocenters. The molecule has 0 saturated carbocycles. The van der Waals surface area contributed by atoms with Gasteiger partial charge in [-0.25, -0.2) is 14.4 Å². The summed E-state index contributed by atoms with van der Waals surface area (Å²) >= 11 is 0. The molecular weight excluding hydrogens is 1020 g/mol. The van der Waals surface area contributed by atoms with Crippen LogP contribution in [0.5, 0.6) is 0 Å². The molecule has 0 fully saturated rings. The molecule has 0 heterocycles. The number of carboxylic acid groups (broad SMARTS) is 4. The van der Waals surface area contributed by atoms with Crippen LogP contribution in [-0.2, 0) is 71.7 Å².